The van der Waals surface area contributed by atoms with E-state index in [4.69, 9.17) is 10.2 Å². The van der Waals surface area contributed by atoms with Gasteiger partial charge < -0.3 is 15.5 Å². The Balaban J connectivity index is 2.72. The molecule has 0 aliphatic rings. The van der Waals surface area contributed by atoms with E-state index in [-0.39, 0.29) is 0 Å². The smallest absolute Gasteiger partial charge is 0.328 e. The number of carboxylic acid groups (broad SMARTS) is 1. The number of aliphatic hydroxyl groups excluding tert-OH is 1. The molecule has 1 atom stereocenters. The monoisotopic (exact) mass is 199 g/mol. The summed E-state index contributed by atoms with van der Waals surface area (Å²) in [6.07, 6.45) is 0. The largest absolute Gasteiger partial charge is 0.480 e. The molecule has 3 N–H and O–H groups in total. The molecule has 0 radical (unpaired) electrons. The Morgan fingerprint density at radius 1 is 1.57 bits per heavy atom. The molecule has 0 heterocycles. The van der Waals surface area contributed by atoms with E-state index >= 15 is 0 Å². The normalized spacial score (nSPS) is 12.1. The quantitative estimate of drug-likeness (QED) is 0.667. The summed E-state index contributed by atoms with van der Waals surface area (Å²) in [5, 5.41) is 19.8. The summed E-state index contributed by atoms with van der Waals surface area (Å²) in [6, 6.07) is 4.27. The number of rotatable bonds is 4. The van der Waals surface area contributed by atoms with Crippen molar-refractivity contribution in [2.24, 2.45) is 0 Å². The van der Waals surface area contributed by atoms with Gasteiger partial charge in [-0.1, -0.05) is 6.07 Å². The van der Waals surface area contributed by atoms with E-state index in [9.17, 15) is 9.18 Å². The van der Waals surface area contributed by atoms with Gasteiger partial charge in [0.1, 0.15) is 11.9 Å². The molecule has 1 aromatic rings. The predicted molar refractivity (Wildman–Crippen MR) is 48.5 cm³/mol. The SMILES string of the molecule is O=C(O)[C@H](CO)Nc1cccc(F)c1. The third-order valence-electron chi connectivity index (χ3n) is 1.65. The average Bonchev–Trinajstić information content (AvgIpc) is 2.14. The van der Waals surface area contributed by atoms with Crippen LogP contribution < -0.4 is 5.32 Å². The highest BCUT2D eigenvalue weighted by Gasteiger charge is 2.15. The van der Waals surface area contributed by atoms with E-state index in [0.717, 1.165) is 6.07 Å². The van der Waals surface area contributed by atoms with Crippen LogP contribution in [0.25, 0.3) is 0 Å². The van der Waals surface area contributed by atoms with Crippen LogP contribution in [-0.2, 0) is 4.79 Å². The van der Waals surface area contributed by atoms with E-state index in [1.54, 1.807) is 0 Å². The maximum absolute atomic E-state index is 12.7. The fourth-order valence-electron chi connectivity index (χ4n) is 0.965. The number of halogens is 1. The van der Waals surface area contributed by atoms with Gasteiger partial charge in [-0.05, 0) is 18.2 Å². The van der Waals surface area contributed by atoms with Gasteiger partial charge in [0, 0.05) is 5.69 Å². The Morgan fingerprint density at radius 3 is 2.79 bits per heavy atom. The van der Waals surface area contributed by atoms with E-state index in [1.165, 1.54) is 18.2 Å². The summed E-state index contributed by atoms with van der Waals surface area (Å²) in [5.74, 6) is -1.64. The van der Waals surface area contributed by atoms with Crippen LogP contribution in [-0.4, -0.2) is 28.8 Å². The third kappa shape index (κ3) is 2.70. The summed E-state index contributed by atoms with van der Waals surface area (Å²) in [6.45, 7) is -0.550. The molecule has 0 fully saturated rings. The van der Waals surface area contributed by atoms with Crippen LogP contribution >= 0.6 is 0 Å². The second-order valence-electron chi connectivity index (χ2n) is 2.73. The van der Waals surface area contributed by atoms with Gasteiger partial charge in [-0.3, -0.25) is 0 Å². The van der Waals surface area contributed by atoms with Gasteiger partial charge in [0.15, 0.2) is 0 Å². The molecule has 0 aliphatic heterocycles. The van der Waals surface area contributed by atoms with E-state index in [0.29, 0.717) is 5.69 Å². The van der Waals surface area contributed by atoms with Crippen molar-refractivity contribution in [3.05, 3.63) is 30.1 Å². The summed E-state index contributed by atoms with van der Waals surface area (Å²) in [5.41, 5.74) is 0.325. The maximum atomic E-state index is 12.7. The lowest BCUT2D eigenvalue weighted by Crippen LogP contribution is -2.32. The molecule has 0 aliphatic carbocycles. The van der Waals surface area contributed by atoms with Gasteiger partial charge in [0.2, 0.25) is 0 Å². The van der Waals surface area contributed by atoms with Crippen molar-refractivity contribution in [3.63, 3.8) is 0 Å². The number of benzene rings is 1. The summed E-state index contributed by atoms with van der Waals surface area (Å²) >= 11 is 0. The van der Waals surface area contributed by atoms with Crippen LogP contribution in [0.1, 0.15) is 0 Å². The number of anilines is 1. The van der Waals surface area contributed by atoms with Crippen LogP contribution in [0.2, 0.25) is 0 Å². The number of carbonyl (C=O) groups is 1. The maximum Gasteiger partial charge on any atom is 0.328 e. The lowest BCUT2D eigenvalue weighted by molar-refractivity contribution is -0.138. The minimum absolute atomic E-state index is 0.325. The molecule has 76 valence electrons. The van der Waals surface area contributed by atoms with Crippen LogP contribution in [0.5, 0.6) is 0 Å². The van der Waals surface area contributed by atoms with Crippen molar-refractivity contribution in [1.82, 2.24) is 0 Å². The Hall–Kier alpha value is -1.62. The molecule has 1 aromatic carbocycles. The zero-order chi connectivity index (χ0) is 10.6. The molecular weight excluding hydrogens is 189 g/mol. The number of carboxylic acids is 1. The lowest BCUT2D eigenvalue weighted by Gasteiger charge is -2.12. The standard InChI is InChI=1S/C9H10FNO3/c10-6-2-1-3-7(4-6)11-8(5-12)9(13)14/h1-4,8,11-12H,5H2,(H,13,14)/t8-/m0/s1. The van der Waals surface area contributed by atoms with Crippen molar-refractivity contribution in [1.29, 1.82) is 0 Å². The van der Waals surface area contributed by atoms with E-state index < -0.39 is 24.4 Å². The average molecular weight is 199 g/mol. The fraction of sp³-hybridized carbons (Fsp3) is 0.222. The molecule has 0 aromatic heterocycles. The number of nitrogens with one attached hydrogen (secondary N) is 1. The minimum Gasteiger partial charge on any atom is -0.480 e. The fourth-order valence-corrected chi connectivity index (χ4v) is 0.965. The van der Waals surface area contributed by atoms with E-state index in [1.807, 2.05) is 0 Å². The number of aliphatic hydroxyl groups is 1. The van der Waals surface area contributed by atoms with Gasteiger partial charge >= 0.3 is 5.97 Å². The van der Waals surface area contributed by atoms with Crippen molar-refractivity contribution in [2.75, 3.05) is 11.9 Å². The highest BCUT2D eigenvalue weighted by molar-refractivity contribution is 5.77. The topological polar surface area (TPSA) is 69.6 Å². The summed E-state index contributed by atoms with van der Waals surface area (Å²) in [7, 11) is 0. The Kier molecular flexibility index (Phi) is 3.41. The van der Waals surface area contributed by atoms with Gasteiger partial charge in [0.25, 0.3) is 0 Å². The zero-order valence-electron chi connectivity index (χ0n) is 7.27. The second kappa shape index (κ2) is 4.57. The minimum atomic E-state index is -1.18. The number of hydrogen-bond acceptors (Lipinski definition) is 3. The molecule has 0 amide bonds. The van der Waals surface area contributed by atoms with Crippen LogP contribution in [0.3, 0.4) is 0 Å². The summed E-state index contributed by atoms with van der Waals surface area (Å²) in [4.78, 5) is 10.5. The first-order valence-electron chi connectivity index (χ1n) is 3.99. The third-order valence-corrected chi connectivity index (χ3v) is 1.65. The molecule has 14 heavy (non-hydrogen) atoms. The van der Waals surface area contributed by atoms with E-state index in [2.05, 4.69) is 5.32 Å². The lowest BCUT2D eigenvalue weighted by atomic mass is 10.2. The van der Waals surface area contributed by atoms with Gasteiger partial charge in [0.05, 0.1) is 6.61 Å². The second-order valence-corrected chi connectivity index (χ2v) is 2.73. The van der Waals surface area contributed by atoms with Crippen molar-refractivity contribution >= 4 is 11.7 Å². The van der Waals surface area contributed by atoms with Crippen LogP contribution in [0.15, 0.2) is 24.3 Å². The molecule has 0 bridgehead atoms. The van der Waals surface area contributed by atoms with Gasteiger partial charge in [-0.2, -0.15) is 0 Å². The number of hydrogen-bond donors (Lipinski definition) is 3. The molecule has 5 heteroatoms. The Bertz CT molecular complexity index is 330. The van der Waals surface area contributed by atoms with Crippen LogP contribution in [0.4, 0.5) is 10.1 Å². The first-order valence-corrected chi connectivity index (χ1v) is 3.99. The summed E-state index contributed by atoms with van der Waals surface area (Å²) < 4.78 is 12.7. The predicted octanol–water partition coefficient (Wildman–Crippen LogP) is 0.683. The van der Waals surface area contributed by atoms with Gasteiger partial charge in [-0.15, -0.1) is 0 Å². The molecule has 1 rings (SSSR count). The molecular formula is C9H10FNO3. The Labute approximate surface area is 80.0 Å². The molecule has 4 nitrogen and oxygen atoms in total. The van der Waals surface area contributed by atoms with Crippen molar-refractivity contribution in [3.8, 4) is 0 Å². The van der Waals surface area contributed by atoms with Crippen molar-refractivity contribution in [2.45, 2.75) is 6.04 Å². The highest BCUT2D eigenvalue weighted by atomic mass is 19.1. The molecule has 0 saturated carbocycles. The molecule has 0 saturated heterocycles. The van der Waals surface area contributed by atoms with Crippen molar-refractivity contribution < 1.29 is 19.4 Å². The molecule has 0 spiro atoms. The first kappa shape index (κ1) is 10.5. The van der Waals surface area contributed by atoms with Gasteiger partial charge in [-0.25, -0.2) is 9.18 Å². The Morgan fingerprint density at radius 2 is 2.29 bits per heavy atom. The number of aliphatic carboxylic acids is 1. The van der Waals surface area contributed by atoms with Crippen LogP contribution in [0, 0.1) is 5.82 Å². The first-order chi connectivity index (χ1) is 6.63. The highest BCUT2D eigenvalue weighted by Crippen LogP contribution is 2.10. The zero-order valence-corrected chi connectivity index (χ0v) is 7.27. The molecule has 0 unspecified atom stereocenters.